The van der Waals surface area contributed by atoms with E-state index < -0.39 is 17.5 Å². The quantitative estimate of drug-likeness (QED) is 0.433. The van der Waals surface area contributed by atoms with Gasteiger partial charge in [-0.2, -0.15) is 0 Å². The lowest BCUT2D eigenvalue weighted by atomic mass is 10.2. The van der Waals surface area contributed by atoms with E-state index in [9.17, 15) is 14.4 Å². The monoisotopic (exact) mass is 378 g/mol. The molecule has 0 amide bonds. The lowest BCUT2D eigenvalue weighted by Crippen LogP contribution is -2.27. The molecule has 0 bridgehead atoms. The van der Waals surface area contributed by atoms with Gasteiger partial charge in [0.15, 0.2) is 5.16 Å². The highest BCUT2D eigenvalue weighted by Crippen LogP contribution is 2.19. The summed E-state index contributed by atoms with van der Waals surface area (Å²) >= 11 is 1.11. The van der Waals surface area contributed by atoms with Crippen LogP contribution in [0.25, 0.3) is 10.9 Å². The van der Waals surface area contributed by atoms with Gasteiger partial charge in [0, 0.05) is 6.54 Å². The molecule has 0 aliphatic heterocycles. The minimum atomic E-state index is -0.584. The fourth-order valence-corrected chi connectivity index (χ4v) is 3.05. The lowest BCUT2D eigenvalue weighted by Gasteiger charge is -2.19. The van der Waals surface area contributed by atoms with E-state index in [0.717, 1.165) is 11.8 Å². The van der Waals surface area contributed by atoms with Crippen molar-refractivity contribution < 1.29 is 19.1 Å². The normalized spacial score (nSPS) is 11.4. The molecule has 0 atom stereocenters. The van der Waals surface area contributed by atoms with Crippen LogP contribution in [-0.4, -0.2) is 40.0 Å². The SMILES string of the molecule is COC(=O)CCn1c(SCC(=O)OC(C)(C)C)nc2ccccc2c1=O. The van der Waals surface area contributed by atoms with Crippen LogP contribution >= 0.6 is 11.8 Å². The average molecular weight is 378 g/mol. The minimum Gasteiger partial charge on any atom is -0.469 e. The Labute approximate surface area is 155 Å². The number of hydrogen-bond donors (Lipinski definition) is 0. The molecular formula is C18H22N2O5S. The number of ether oxygens (including phenoxy) is 2. The molecule has 7 nitrogen and oxygen atoms in total. The molecule has 0 N–H and O–H groups in total. The maximum absolute atomic E-state index is 12.8. The maximum atomic E-state index is 12.8. The van der Waals surface area contributed by atoms with Gasteiger partial charge >= 0.3 is 11.9 Å². The molecule has 0 fully saturated rings. The Morgan fingerprint density at radius 3 is 2.54 bits per heavy atom. The summed E-state index contributed by atoms with van der Waals surface area (Å²) in [5.74, 6) is -0.808. The second-order valence-corrected chi connectivity index (χ2v) is 7.51. The first-order chi connectivity index (χ1) is 12.2. The first kappa shape index (κ1) is 20.0. The Kier molecular flexibility index (Phi) is 6.42. The molecule has 0 radical (unpaired) electrons. The molecule has 0 saturated carbocycles. The highest BCUT2D eigenvalue weighted by atomic mass is 32.2. The van der Waals surface area contributed by atoms with Gasteiger partial charge in [0.2, 0.25) is 0 Å². The van der Waals surface area contributed by atoms with Crippen molar-refractivity contribution in [3.63, 3.8) is 0 Å². The third kappa shape index (κ3) is 5.32. The van der Waals surface area contributed by atoms with Gasteiger partial charge in [0.05, 0.1) is 30.2 Å². The van der Waals surface area contributed by atoms with Gasteiger partial charge in [-0.3, -0.25) is 19.0 Å². The Morgan fingerprint density at radius 2 is 1.88 bits per heavy atom. The summed E-state index contributed by atoms with van der Waals surface area (Å²) in [6.07, 6.45) is 0.0381. The average Bonchev–Trinajstić information content (AvgIpc) is 2.57. The van der Waals surface area contributed by atoms with Crippen LogP contribution in [-0.2, 0) is 25.6 Å². The zero-order chi connectivity index (χ0) is 19.3. The van der Waals surface area contributed by atoms with Crippen LogP contribution in [0.5, 0.6) is 0 Å². The van der Waals surface area contributed by atoms with E-state index in [4.69, 9.17) is 4.74 Å². The number of fused-ring (bicyclic) bond motifs is 1. The van der Waals surface area contributed by atoms with E-state index in [0.29, 0.717) is 16.1 Å². The van der Waals surface area contributed by atoms with Crippen LogP contribution in [0.15, 0.2) is 34.2 Å². The van der Waals surface area contributed by atoms with Crippen molar-refractivity contribution in [1.82, 2.24) is 9.55 Å². The number of esters is 2. The van der Waals surface area contributed by atoms with Crippen LogP contribution in [0, 0.1) is 0 Å². The fraction of sp³-hybridized carbons (Fsp3) is 0.444. The molecule has 1 aromatic carbocycles. The van der Waals surface area contributed by atoms with Crippen molar-refractivity contribution in [2.45, 2.75) is 44.5 Å². The van der Waals surface area contributed by atoms with E-state index in [1.807, 2.05) is 0 Å². The Balaban J connectivity index is 2.31. The number of benzene rings is 1. The molecule has 0 aliphatic rings. The van der Waals surface area contributed by atoms with Gasteiger partial charge < -0.3 is 9.47 Å². The summed E-state index contributed by atoms with van der Waals surface area (Å²) < 4.78 is 11.3. The number of methoxy groups -OCH3 is 1. The molecular weight excluding hydrogens is 356 g/mol. The summed E-state index contributed by atoms with van der Waals surface area (Å²) in [4.78, 5) is 40.7. The van der Waals surface area contributed by atoms with E-state index in [-0.39, 0.29) is 24.3 Å². The third-order valence-electron chi connectivity index (χ3n) is 3.33. The second-order valence-electron chi connectivity index (χ2n) is 6.57. The molecule has 1 heterocycles. The largest absolute Gasteiger partial charge is 0.469 e. The summed E-state index contributed by atoms with van der Waals surface area (Å²) in [6.45, 7) is 5.49. The first-order valence-corrected chi connectivity index (χ1v) is 9.11. The molecule has 0 unspecified atom stereocenters. The van der Waals surface area contributed by atoms with E-state index >= 15 is 0 Å². The zero-order valence-electron chi connectivity index (χ0n) is 15.3. The molecule has 2 aromatic rings. The molecule has 26 heavy (non-hydrogen) atoms. The molecule has 2 rings (SSSR count). The molecule has 0 saturated heterocycles. The van der Waals surface area contributed by atoms with Crippen molar-refractivity contribution in [2.75, 3.05) is 12.9 Å². The molecule has 140 valence electrons. The molecule has 0 aliphatic carbocycles. The van der Waals surface area contributed by atoms with Gasteiger partial charge in [0.1, 0.15) is 5.60 Å². The number of carbonyl (C=O) groups excluding carboxylic acids is 2. The van der Waals surface area contributed by atoms with Crippen LogP contribution in [0.3, 0.4) is 0 Å². The Bertz CT molecular complexity index is 870. The van der Waals surface area contributed by atoms with Crippen LogP contribution in [0.4, 0.5) is 0 Å². The van der Waals surface area contributed by atoms with E-state index in [1.54, 1.807) is 45.0 Å². The minimum absolute atomic E-state index is 0.0142. The van der Waals surface area contributed by atoms with Gasteiger partial charge in [-0.25, -0.2) is 4.98 Å². The van der Waals surface area contributed by atoms with Crippen molar-refractivity contribution in [2.24, 2.45) is 0 Å². The van der Waals surface area contributed by atoms with Crippen molar-refractivity contribution in [1.29, 1.82) is 0 Å². The fourth-order valence-electron chi connectivity index (χ4n) is 2.25. The number of nitrogens with zero attached hydrogens (tertiary/aromatic N) is 2. The van der Waals surface area contributed by atoms with Crippen molar-refractivity contribution >= 4 is 34.6 Å². The second kappa shape index (κ2) is 8.35. The highest BCUT2D eigenvalue weighted by molar-refractivity contribution is 7.99. The predicted octanol–water partition coefficient (Wildman–Crippen LogP) is 2.39. The standard InChI is InChI=1S/C18H22N2O5S/c1-18(2,3)25-15(22)11-26-17-19-13-8-6-5-7-12(13)16(23)20(17)10-9-14(21)24-4/h5-8H,9-11H2,1-4H3. The Hall–Kier alpha value is -2.35. The number of thioether (sulfide) groups is 1. The van der Waals surface area contributed by atoms with Gasteiger partial charge in [-0.1, -0.05) is 23.9 Å². The van der Waals surface area contributed by atoms with E-state index in [1.165, 1.54) is 11.7 Å². The molecule has 0 spiro atoms. The Morgan fingerprint density at radius 1 is 1.19 bits per heavy atom. The number of rotatable bonds is 6. The van der Waals surface area contributed by atoms with E-state index in [2.05, 4.69) is 9.72 Å². The molecule has 8 heteroatoms. The summed E-state index contributed by atoms with van der Waals surface area (Å²) in [7, 11) is 1.29. The van der Waals surface area contributed by atoms with Crippen LogP contribution in [0.1, 0.15) is 27.2 Å². The summed E-state index contributed by atoms with van der Waals surface area (Å²) in [6, 6.07) is 6.96. The molecule has 1 aromatic heterocycles. The van der Waals surface area contributed by atoms with Gasteiger partial charge in [0.25, 0.3) is 5.56 Å². The first-order valence-electron chi connectivity index (χ1n) is 8.12. The van der Waals surface area contributed by atoms with Crippen molar-refractivity contribution in [3.8, 4) is 0 Å². The lowest BCUT2D eigenvalue weighted by molar-refractivity contribution is -0.151. The number of carbonyl (C=O) groups is 2. The maximum Gasteiger partial charge on any atom is 0.316 e. The summed E-state index contributed by atoms with van der Waals surface area (Å²) in [5.41, 5.74) is -0.302. The summed E-state index contributed by atoms with van der Waals surface area (Å²) in [5, 5.41) is 0.822. The van der Waals surface area contributed by atoms with Crippen LogP contribution < -0.4 is 5.56 Å². The predicted molar refractivity (Wildman–Crippen MR) is 99.2 cm³/mol. The van der Waals surface area contributed by atoms with Crippen molar-refractivity contribution in [3.05, 3.63) is 34.6 Å². The van der Waals surface area contributed by atoms with Gasteiger partial charge in [-0.05, 0) is 32.9 Å². The van der Waals surface area contributed by atoms with Gasteiger partial charge in [-0.15, -0.1) is 0 Å². The number of aromatic nitrogens is 2. The zero-order valence-corrected chi connectivity index (χ0v) is 16.1. The highest BCUT2D eigenvalue weighted by Gasteiger charge is 2.19. The number of para-hydroxylation sites is 1. The number of hydrogen-bond acceptors (Lipinski definition) is 7. The topological polar surface area (TPSA) is 87.5 Å². The third-order valence-corrected chi connectivity index (χ3v) is 4.28. The smallest absolute Gasteiger partial charge is 0.316 e. The van der Waals surface area contributed by atoms with Crippen LogP contribution in [0.2, 0.25) is 0 Å².